The highest BCUT2D eigenvalue weighted by atomic mass is 79.9. The standard InChI is InChI=1S/C18H19BrN2O5/c1-2-25-17(23)14-8-20-18(24)21-15(14)9-26-16(22)13-7-12(13)10-4-3-5-11(19)6-10/h3-6,12-13H,2,7-9H2,1H3,(H2,20,21,24)/t12-,13+/m1/s1. The summed E-state index contributed by atoms with van der Waals surface area (Å²) in [5.41, 5.74) is 1.61. The van der Waals surface area contributed by atoms with Gasteiger partial charge in [-0.25, -0.2) is 9.59 Å². The van der Waals surface area contributed by atoms with E-state index in [1.807, 2.05) is 24.3 Å². The number of amides is 2. The molecule has 2 atom stereocenters. The van der Waals surface area contributed by atoms with E-state index in [1.54, 1.807) is 6.92 Å². The maximum Gasteiger partial charge on any atom is 0.337 e. The van der Waals surface area contributed by atoms with E-state index in [4.69, 9.17) is 9.47 Å². The maximum atomic E-state index is 12.3. The lowest BCUT2D eigenvalue weighted by Gasteiger charge is -2.21. The van der Waals surface area contributed by atoms with Crippen LogP contribution in [0.25, 0.3) is 0 Å². The number of carbonyl (C=O) groups excluding carboxylic acids is 3. The molecule has 3 rings (SSSR count). The van der Waals surface area contributed by atoms with Crippen molar-refractivity contribution in [2.45, 2.75) is 19.3 Å². The molecule has 2 N–H and O–H groups in total. The van der Waals surface area contributed by atoms with E-state index in [9.17, 15) is 14.4 Å². The lowest BCUT2D eigenvalue weighted by Crippen LogP contribution is -2.45. The molecule has 1 saturated carbocycles. The van der Waals surface area contributed by atoms with Crippen molar-refractivity contribution in [1.82, 2.24) is 10.6 Å². The molecule has 2 amide bonds. The van der Waals surface area contributed by atoms with E-state index < -0.39 is 12.0 Å². The lowest BCUT2D eigenvalue weighted by atomic mass is 10.1. The van der Waals surface area contributed by atoms with Gasteiger partial charge in [0.15, 0.2) is 0 Å². The molecule has 26 heavy (non-hydrogen) atoms. The average molecular weight is 423 g/mol. The predicted octanol–water partition coefficient (Wildman–Crippen LogP) is 2.23. The highest BCUT2D eigenvalue weighted by molar-refractivity contribution is 9.10. The van der Waals surface area contributed by atoms with Gasteiger partial charge in [0.05, 0.1) is 30.3 Å². The van der Waals surface area contributed by atoms with Crippen LogP contribution in [-0.2, 0) is 19.1 Å². The van der Waals surface area contributed by atoms with Gasteiger partial charge in [-0.3, -0.25) is 4.79 Å². The number of nitrogens with one attached hydrogen (secondary N) is 2. The zero-order valence-electron chi connectivity index (χ0n) is 14.2. The van der Waals surface area contributed by atoms with E-state index >= 15 is 0 Å². The third-order valence-corrected chi connectivity index (χ3v) is 4.80. The molecule has 0 bridgehead atoms. The van der Waals surface area contributed by atoms with Crippen molar-refractivity contribution in [3.05, 3.63) is 45.6 Å². The quantitative estimate of drug-likeness (QED) is 0.685. The van der Waals surface area contributed by atoms with Gasteiger partial charge in [-0.2, -0.15) is 0 Å². The number of hydrogen-bond donors (Lipinski definition) is 2. The summed E-state index contributed by atoms with van der Waals surface area (Å²) in [4.78, 5) is 35.8. The number of urea groups is 1. The number of rotatable bonds is 6. The van der Waals surface area contributed by atoms with Crippen molar-refractivity contribution in [1.29, 1.82) is 0 Å². The Bertz CT molecular complexity index is 777. The van der Waals surface area contributed by atoms with E-state index in [2.05, 4.69) is 26.6 Å². The normalized spacial score (nSPS) is 21.5. The summed E-state index contributed by atoms with van der Waals surface area (Å²) in [6, 6.07) is 7.40. The molecule has 138 valence electrons. The third-order valence-electron chi connectivity index (χ3n) is 4.31. The molecule has 1 fully saturated rings. The second-order valence-corrected chi connectivity index (χ2v) is 7.01. The summed E-state index contributed by atoms with van der Waals surface area (Å²) in [5.74, 6) is -0.933. The highest BCUT2D eigenvalue weighted by Gasteiger charge is 2.45. The summed E-state index contributed by atoms with van der Waals surface area (Å²) >= 11 is 3.42. The third kappa shape index (κ3) is 4.24. The second kappa shape index (κ2) is 7.90. The second-order valence-electron chi connectivity index (χ2n) is 6.10. The van der Waals surface area contributed by atoms with Crippen LogP contribution in [0.2, 0.25) is 0 Å². The van der Waals surface area contributed by atoms with Gasteiger partial charge >= 0.3 is 18.0 Å². The van der Waals surface area contributed by atoms with Crippen LogP contribution >= 0.6 is 15.9 Å². The summed E-state index contributed by atoms with van der Waals surface area (Å²) < 4.78 is 11.3. The molecular weight excluding hydrogens is 404 g/mol. The number of hydrogen-bond acceptors (Lipinski definition) is 5. The fraction of sp³-hybridized carbons (Fsp3) is 0.389. The summed E-state index contributed by atoms with van der Waals surface area (Å²) in [7, 11) is 0. The molecular formula is C18H19BrN2O5. The van der Waals surface area contributed by atoms with Gasteiger partial charge in [-0.05, 0) is 37.0 Å². The van der Waals surface area contributed by atoms with Crippen molar-refractivity contribution in [2.24, 2.45) is 5.92 Å². The molecule has 0 unspecified atom stereocenters. The zero-order chi connectivity index (χ0) is 18.7. The largest absolute Gasteiger partial charge is 0.463 e. The number of esters is 2. The molecule has 1 aliphatic heterocycles. The van der Waals surface area contributed by atoms with Gasteiger partial charge in [0.2, 0.25) is 0 Å². The van der Waals surface area contributed by atoms with Gasteiger partial charge < -0.3 is 20.1 Å². The van der Waals surface area contributed by atoms with Crippen LogP contribution in [0.1, 0.15) is 24.8 Å². The first-order valence-corrected chi connectivity index (χ1v) is 9.15. The van der Waals surface area contributed by atoms with E-state index in [0.717, 1.165) is 16.5 Å². The van der Waals surface area contributed by atoms with Crippen molar-refractivity contribution < 1.29 is 23.9 Å². The highest BCUT2D eigenvalue weighted by Crippen LogP contribution is 2.48. The van der Waals surface area contributed by atoms with Gasteiger partial charge in [0.25, 0.3) is 0 Å². The predicted molar refractivity (Wildman–Crippen MR) is 96.1 cm³/mol. The molecule has 1 aromatic rings. The minimum absolute atomic E-state index is 0.0433. The Morgan fingerprint density at radius 3 is 2.85 bits per heavy atom. The molecule has 1 aromatic carbocycles. The molecule has 7 nitrogen and oxygen atoms in total. The summed E-state index contributed by atoms with van der Waals surface area (Å²) in [6.45, 7) is 1.80. The number of benzene rings is 1. The molecule has 1 aliphatic carbocycles. The van der Waals surface area contributed by atoms with E-state index in [1.165, 1.54) is 0 Å². The van der Waals surface area contributed by atoms with E-state index in [0.29, 0.717) is 0 Å². The lowest BCUT2D eigenvalue weighted by molar-refractivity contribution is -0.145. The van der Waals surface area contributed by atoms with Crippen LogP contribution < -0.4 is 10.6 Å². The van der Waals surface area contributed by atoms with Crippen molar-refractivity contribution in [3.8, 4) is 0 Å². The Balaban J connectivity index is 1.61. The smallest absolute Gasteiger partial charge is 0.337 e. The van der Waals surface area contributed by atoms with Crippen LogP contribution in [0, 0.1) is 5.92 Å². The van der Waals surface area contributed by atoms with Crippen molar-refractivity contribution in [2.75, 3.05) is 19.8 Å². The number of carbonyl (C=O) groups is 3. The first kappa shape index (κ1) is 18.4. The Morgan fingerprint density at radius 1 is 1.31 bits per heavy atom. The SMILES string of the molecule is CCOC(=O)C1=C(COC(=O)[C@H]2C[C@@H]2c2cccc(Br)c2)NC(=O)NC1. The Labute approximate surface area is 159 Å². The van der Waals surface area contributed by atoms with Crippen LogP contribution in [0.5, 0.6) is 0 Å². The van der Waals surface area contributed by atoms with Crippen molar-refractivity contribution in [3.63, 3.8) is 0 Å². The number of ether oxygens (including phenoxy) is 2. The first-order valence-electron chi connectivity index (χ1n) is 8.35. The molecule has 0 saturated heterocycles. The van der Waals surface area contributed by atoms with Crippen molar-refractivity contribution >= 4 is 33.9 Å². The average Bonchev–Trinajstić information content (AvgIpc) is 3.41. The molecule has 0 radical (unpaired) electrons. The molecule has 8 heteroatoms. The first-order chi connectivity index (χ1) is 12.5. The topological polar surface area (TPSA) is 93.7 Å². The molecule has 1 heterocycles. The van der Waals surface area contributed by atoms with Crippen LogP contribution in [0.15, 0.2) is 40.0 Å². The molecule has 0 aromatic heterocycles. The van der Waals surface area contributed by atoms with Crippen LogP contribution in [-0.4, -0.2) is 37.7 Å². The van der Waals surface area contributed by atoms with Gasteiger partial charge in [-0.15, -0.1) is 0 Å². The van der Waals surface area contributed by atoms with E-state index in [-0.39, 0.29) is 48.8 Å². The minimum atomic E-state index is -0.538. The Kier molecular flexibility index (Phi) is 5.61. The minimum Gasteiger partial charge on any atom is -0.463 e. The van der Waals surface area contributed by atoms with Gasteiger partial charge in [-0.1, -0.05) is 28.1 Å². The molecule has 0 spiro atoms. The van der Waals surface area contributed by atoms with Crippen LogP contribution in [0.4, 0.5) is 4.79 Å². The van der Waals surface area contributed by atoms with Gasteiger partial charge in [0.1, 0.15) is 6.61 Å². The fourth-order valence-electron chi connectivity index (χ4n) is 2.88. The fourth-order valence-corrected chi connectivity index (χ4v) is 3.30. The van der Waals surface area contributed by atoms with Gasteiger partial charge in [0, 0.05) is 4.47 Å². The maximum absolute atomic E-state index is 12.3. The summed E-state index contributed by atoms with van der Waals surface area (Å²) in [6.07, 6.45) is 0.729. The zero-order valence-corrected chi connectivity index (χ0v) is 15.8. The summed E-state index contributed by atoms with van der Waals surface area (Å²) in [5, 5.41) is 5.02. The number of halogens is 1. The molecule has 2 aliphatic rings. The van der Waals surface area contributed by atoms with Crippen LogP contribution in [0.3, 0.4) is 0 Å². The Morgan fingerprint density at radius 2 is 2.12 bits per heavy atom. The monoisotopic (exact) mass is 422 g/mol. The Hall–Kier alpha value is -2.35.